The summed E-state index contributed by atoms with van der Waals surface area (Å²) in [5.41, 5.74) is 4.16. The average molecular weight is 296 g/mol. The van der Waals surface area contributed by atoms with E-state index in [9.17, 15) is 8.42 Å². The zero-order valence-corrected chi connectivity index (χ0v) is 13.1. The number of hydrogen-bond acceptors (Lipinski definition) is 3. The lowest BCUT2D eigenvalue weighted by Crippen LogP contribution is -2.29. The van der Waals surface area contributed by atoms with Gasteiger partial charge in [-0.3, -0.25) is 0 Å². The highest BCUT2D eigenvalue weighted by atomic mass is 32.2. The third-order valence-corrected chi connectivity index (χ3v) is 5.23. The number of nitrogens with one attached hydrogen (secondary N) is 2. The second kappa shape index (κ2) is 6.70. The van der Waals surface area contributed by atoms with Gasteiger partial charge in [-0.2, -0.15) is 0 Å². The average Bonchev–Trinajstić information content (AvgIpc) is 2.81. The first-order valence-electron chi connectivity index (χ1n) is 7.32. The number of sulfonamides is 1. The number of benzene rings is 1. The van der Waals surface area contributed by atoms with E-state index in [-0.39, 0.29) is 5.75 Å². The zero-order valence-electron chi connectivity index (χ0n) is 12.3. The van der Waals surface area contributed by atoms with Crippen LogP contribution in [0.2, 0.25) is 0 Å². The third-order valence-electron chi connectivity index (χ3n) is 3.83. The number of aryl methyl sites for hydroxylation is 2. The summed E-state index contributed by atoms with van der Waals surface area (Å²) in [6.07, 6.45) is 3.09. The van der Waals surface area contributed by atoms with Crippen molar-refractivity contribution in [2.75, 3.05) is 18.8 Å². The number of fused-ring (bicyclic) bond motifs is 1. The van der Waals surface area contributed by atoms with Crippen molar-refractivity contribution in [3.63, 3.8) is 0 Å². The van der Waals surface area contributed by atoms with Crippen LogP contribution in [0.15, 0.2) is 18.2 Å². The molecule has 0 saturated carbocycles. The van der Waals surface area contributed by atoms with Crippen LogP contribution in [-0.2, 0) is 16.4 Å². The van der Waals surface area contributed by atoms with Gasteiger partial charge < -0.3 is 5.32 Å². The van der Waals surface area contributed by atoms with Crippen LogP contribution >= 0.6 is 0 Å². The minimum absolute atomic E-state index is 0.149. The fourth-order valence-corrected chi connectivity index (χ4v) is 3.29. The fraction of sp³-hybridized carbons (Fsp3) is 0.600. The molecule has 1 aliphatic carbocycles. The normalized spacial score (nSPS) is 18.2. The van der Waals surface area contributed by atoms with Crippen LogP contribution in [0.3, 0.4) is 0 Å². The van der Waals surface area contributed by atoms with Gasteiger partial charge in [-0.15, -0.1) is 0 Å². The summed E-state index contributed by atoms with van der Waals surface area (Å²) in [5.74, 6) is 0.149. The van der Waals surface area contributed by atoms with Gasteiger partial charge in [-0.05, 0) is 50.8 Å². The van der Waals surface area contributed by atoms with Crippen LogP contribution in [0, 0.1) is 6.92 Å². The van der Waals surface area contributed by atoms with Gasteiger partial charge in [0, 0.05) is 12.6 Å². The van der Waals surface area contributed by atoms with Gasteiger partial charge in [-0.25, -0.2) is 13.1 Å². The molecular weight excluding hydrogens is 272 g/mol. The Kier molecular flexibility index (Phi) is 5.18. The maximum absolute atomic E-state index is 11.3. The van der Waals surface area contributed by atoms with Crippen molar-refractivity contribution in [2.24, 2.45) is 0 Å². The molecule has 4 nitrogen and oxygen atoms in total. The first-order chi connectivity index (χ1) is 9.52. The van der Waals surface area contributed by atoms with E-state index in [2.05, 4.69) is 35.2 Å². The van der Waals surface area contributed by atoms with Crippen molar-refractivity contribution in [3.05, 3.63) is 34.9 Å². The molecule has 0 aromatic heterocycles. The highest BCUT2D eigenvalue weighted by Gasteiger charge is 2.21. The van der Waals surface area contributed by atoms with Crippen molar-refractivity contribution in [1.29, 1.82) is 0 Å². The molecule has 5 heteroatoms. The SMILES string of the molecule is CCS(=O)(=O)NCCCNC1CCc2ccc(C)cc21. The van der Waals surface area contributed by atoms with Crippen molar-refractivity contribution < 1.29 is 8.42 Å². The van der Waals surface area contributed by atoms with Gasteiger partial charge in [0.05, 0.1) is 5.75 Å². The van der Waals surface area contributed by atoms with Gasteiger partial charge in [0.1, 0.15) is 0 Å². The molecule has 2 rings (SSSR count). The second-order valence-electron chi connectivity index (χ2n) is 5.40. The van der Waals surface area contributed by atoms with E-state index < -0.39 is 10.0 Å². The van der Waals surface area contributed by atoms with Crippen molar-refractivity contribution >= 4 is 10.0 Å². The second-order valence-corrected chi connectivity index (χ2v) is 7.49. The van der Waals surface area contributed by atoms with Gasteiger partial charge in [0.15, 0.2) is 0 Å². The fourth-order valence-electron chi connectivity index (χ4n) is 2.63. The molecule has 0 spiro atoms. The predicted octanol–water partition coefficient (Wildman–Crippen LogP) is 1.90. The molecule has 1 aliphatic rings. The molecule has 1 aromatic rings. The molecule has 0 aliphatic heterocycles. The van der Waals surface area contributed by atoms with Gasteiger partial charge >= 0.3 is 0 Å². The molecule has 1 unspecified atom stereocenters. The Labute approximate surface area is 122 Å². The van der Waals surface area contributed by atoms with Crippen LogP contribution in [0.25, 0.3) is 0 Å². The quantitative estimate of drug-likeness (QED) is 0.756. The van der Waals surface area contributed by atoms with Crippen LogP contribution in [0.1, 0.15) is 42.5 Å². The first-order valence-corrected chi connectivity index (χ1v) is 8.97. The zero-order chi connectivity index (χ0) is 14.6. The summed E-state index contributed by atoms with van der Waals surface area (Å²) < 4.78 is 25.2. The molecule has 1 atom stereocenters. The van der Waals surface area contributed by atoms with E-state index >= 15 is 0 Å². The van der Waals surface area contributed by atoms with E-state index in [0.29, 0.717) is 12.6 Å². The summed E-state index contributed by atoms with van der Waals surface area (Å²) in [7, 11) is -3.05. The van der Waals surface area contributed by atoms with Crippen molar-refractivity contribution in [1.82, 2.24) is 10.0 Å². The molecular formula is C15H24N2O2S. The molecule has 1 aromatic carbocycles. The lowest BCUT2D eigenvalue weighted by atomic mass is 10.1. The maximum atomic E-state index is 11.3. The van der Waals surface area contributed by atoms with Crippen molar-refractivity contribution in [3.8, 4) is 0 Å². The maximum Gasteiger partial charge on any atom is 0.211 e. The topological polar surface area (TPSA) is 58.2 Å². The predicted molar refractivity (Wildman–Crippen MR) is 82.3 cm³/mol. The summed E-state index contributed by atoms with van der Waals surface area (Å²) in [6.45, 7) is 5.12. The van der Waals surface area contributed by atoms with E-state index in [1.54, 1.807) is 6.92 Å². The number of rotatable bonds is 7. The molecule has 112 valence electrons. The lowest BCUT2D eigenvalue weighted by Gasteiger charge is -2.14. The Balaban J connectivity index is 1.76. The Bertz CT molecular complexity index is 555. The monoisotopic (exact) mass is 296 g/mol. The molecule has 0 bridgehead atoms. The molecule has 2 N–H and O–H groups in total. The highest BCUT2D eigenvalue weighted by molar-refractivity contribution is 7.89. The van der Waals surface area contributed by atoms with E-state index in [4.69, 9.17) is 0 Å². The Hall–Kier alpha value is -0.910. The van der Waals surface area contributed by atoms with Crippen LogP contribution in [0.5, 0.6) is 0 Å². The molecule has 0 amide bonds. The summed E-state index contributed by atoms with van der Waals surface area (Å²) in [6, 6.07) is 7.08. The summed E-state index contributed by atoms with van der Waals surface area (Å²) >= 11 is 0. The minimum Gasteiger partial charge on any atom is -0.310 e. The largest absolute Gasteiger partial charge is 0.310 e. The molecule has 0 fully saturated rings. The molecule has 0 saturated heterocycles. The van der Waals surface area contributed by atoms with Gasteiger partial charge in [0.2, 0.25) is 10.0 Å². The van der Waals surface area contributed by atoms with Crippen molar-refractivity contribution in [2.45, 2.75) is 39.2 Å². The Morgan fingerprint density at radius 2 is 2.10 bits per heavy atom. The van der Waals surface area contributed by atoms with Gasteiger partial charge in [-0.1, -0.05) is 23.8 Å². The lowest BCUT2D eigenvalue weighted by molar-refractivity contribution is 0.516. The Morgan fingerprint density at radius 3 is 2.85 bits per heavy atom. The third kappa shape index (κ3) is 4.04. The highest BCUT2D eigenvalue weighted by Crippen LogP contribution is 2.31. The van der Waals surface area contributed by atoms with Crippen LogP contribution in [-0.4, -0.2) is 27.3 Å². The Morgan fingerprint density at radius 1 is 1.30 bits per heavy atom. The minimum atomic E-state index is -3.05. The first kappa shape index (κ1) is 15.5. The van der Waals surface area contributed by atoms with Crippen LogP contribution < -0.4 is 10.0 Å². The van der Waals surface area contributed by atoms with E-state index in [1.165, 1.54) is 16.7 Å². The molecule has 20 heavy (non-hydrogen) atoms. The van der Waals surface area contributed by atoms with Crippen LogP contribution in [0.4, 0.5) is 0 Å². The van der Waals surface area contributed by atoms with E-state index in [1.807, 2.05) is 0 Å². The summed E-state index contributed by atoms with van der Waals surface area (Å²) in [4.78, 5) is 0. The van der Waals surface area contributed by atoms with Gasteiger partial charge in [0.25, 0.3) is 0 Å². The standard InChI is InChI=1S/C15H24N2O2S/c1-3-20(18,19)17-10-4-9-16-15-8-7-13-6-5-12(2)11-14(13)15/h5-6,11,15-17H,3-4,7-10H2,1-2H3. The summed E-state index contributed by atoms with van der Waals surface area (Å²) in [5, 5.41) is 3.53. The van der Waals surface area contributed by atoms with E-state index in [0.717, 1.165) is 25.8 Å². The molecule has 0 radical (unpaired) electrons. The molecule has 0 heterocycles. The number of hydrogen-bond donors (Lipinski definition) is 2. The smallest absolute Gasteiger partial charge is 0.211 e.